The molecule has 2 nitrogen and oxygen atoms in total. The molecule has 2 N–H and O–H groups in total. The maximum atomic E-state index is 12.2. The Hall–Kier alpha value is -1.31. The van der Waals surface area contributed by atoms with Crippen LogP contribution < -0.4 is 5.73 Å². The molecule has 110 valence electrons. The first-order valence-corrected chi connectivity index (χ1v) is 8.40. The first-order chi connectivity index (χ1) is 10.0. The van der Waals surface area contributed by atoms with Crippen molar-refractivity contribution in [1.29, 1.82) is 0 Å². The van der Waals surface area contributed by atoms with E-state index in [0.717, 1.165) is 25.2 Å². The maximum Gasteiger partial charge on any atom is 0.223 e. The average Bonchev–Trinajstić information content (AvgIpc) is 2.94. The first-order valence-electron chi connectivity index (χ1n) is 8.40. The van der Waals surface area contributed by atoms with Crippen LogP contribution in [0.15, 0.2) is 30.3 Å². The Labute approximate surface area is 126 Å². The van der Waals surface area contributed by atoms with Gasteiger partial charge >= 0.3 is 0 Å². The van der Waals surface area contributed by atoms with Crippen LogP contribution in [0.2, 0.25) is 0 Å². The summed E-state index contributed by atoms with van der Waals surface area (Å²) in [6.45, 7) is 2.35. The summed E-state index contributed by atoms with van der Waals surface area (Å²) in [6, 6.07) is 11.0. The molecule has 4 fully saturated rings. The van der Waals surface area contributed by atoms with Gasteiger partial charge in [-0.3, -0.25) is 4.79 Å². The molecule has 5 atom stereocenters. The minimum Gasteiger partial charge on any atom is -0.369 e. The Kier molecular flexibility index (Phi) is 1.87. The van der Waals surface area contributed by atoms with E-state index in [2.05, 4.69) is 37.3 Å². The predicted octanol–water partition coefficient (Wildman–Crippen LogP) is 3.40. The normalized spacial score (nSPS) is 52.0. The number of hydrogen-bond donors (Lipinski definition) is 1. The minimum atomic E-state index is -0.200. The standard InChI is InChI=1S/C19H23NO/c1-2-17-9-14-8-16(15(20)21)10-18(12-17,19(14,17)11-16)13-6-4-3-5-7-13/h3-7,14H,2,8-12H2,1H3,(H2,20,21). The number of carbonyl (C=O) groups is 1. The molecule has 4 aliphatic carbocycles. The Bertz CT molecular complexity index is 655. The van der Waals surface area contributed by atoms with E-state index >= 15 is 0 Å². The summed E-state index contributed by atoms with van der Waals surface area (Å²) in [7, 11) is 0. The molecule has 4 saturated carbocycles. The van der Waals surface area contributed by atoms with Crippen molar-refractivity contribution < 1.29 is 4.79 Å². The number of nitrogens with two attached hydrogens (primary N) is 1. The van der Waals surface area contributed by atoms with Crippen LogP contribution in [0.5, 0.6) is 0 Å². The van der Waals surface area contributed by atoms with Crippen molar-refractivity contribution in [3.63, 3.8) is 0 Å². The molecule has 1 aromatic rings. The number of primary amides is 1. The molecule has 2 bridgehead atoms. The van der Waals surface area contributed by atoms with Crippen molar-refractivity contribution in [2.45, 2.75) is 50.9 Å². The highest BCUT2D eigenvalue weighted by molar-refractivity contribution is 5.83. The number of hydrogen-bond acceptors (Lipinski definition) is 1. The van der Waals surface area contributed by atoms with Gasteiger partial charge in [0.05, 0.1) is 5.41 Å². The molecule has 0 aliphatic heterocycles. The third-order valence-corrected chi connectivity index (χ3v) is 8.19. The van der Waals surface area contributed by atoms with Crippen LogP contribution in [0.1, 0.15) is 51.0 Å². The predicted molar refractivity (Wildman–Crippen MR) is 81.5 cm³/mol. The van der Waals surface area contributed by atoms with Gasteiger partial charge in [-0.1, -0.05) is 37.3 Å². The molecule has 0 saturated heterocycles. The molecule has 2 heteroatoms. The summed E-state index contributed by atoms with van der Waals surface area (Å²) in [6.07, 6.45) is 7.05. The first kappa shape index (κ1) is 12.3. The number of benzene rings is 1. The Balaban J connectivity index is 1.71. The molecule has 0 heterocycles. The largest absolute Gasteiger partial charge is 0.369 e. The molecular formula is C19H23NO. The quantitative estimate of drug-likeness (QED) is 0.906. The van der Waals surface area contributed by atoms with E-state index in [-0.39, 0.29) is 16.7 Å². The summed E-state index contributed by atoms with van der Waals surface area (Å²) in [5.74, 6) is 0.716. The summed E-state index contributed by atoms with van der Waals surface area (Å²) in [5, 5.41) is 0. The molecule has 0 radical (unpaired) electrons. The molecule has 5 unspecified atom stereocenters. The molecule has 21 heavy (non-hydrogen) atoms. The van der Waals surface area contributed by atoms with Gasteiger partial charge in [-0.15, -0.1) is 0 Å². The Morgan fingerprint density at radius 2 is 1.95 bits per heavy atom. The third-order valence-electron chi connectivity index (χ3n) is 8.19. The van der Waals surface area contributed by atoms with E-state index in [0.29, 0.717) is 10.8 Å². The SMILES string of the molecule is CCC12CC3CC4(C(N)=O)CC(c5ccccc5)(C1)C32C4. The van der Waals surface area contributed by atoms with Gasteiger partial charge in [0.2, 0.25) is 5.91 Å². The highest BCUT2D eigenvalue weighted by atomic mass is 16.1. The Morgan fingerprint density at radius 3 is 2.62 bits per heavy atom. The fourth-order valence-electron chi connectivity index (χ4n) is 7.72. The van der Waals surface area contributed by atoms with Crippen molar-refractivity contribution >= 4 is 5.91 Å². The lowest BCUT2D eigenvalue weighted by Gasteiger charge is -2.80. The maximum absolute atomic E-state index is 12.2. The zero-order valence-corrected chi connectivity index (χ0v) is 12.7. The molecular weight excluding hydrogens is 258 g/mol. The van der Waals surface area contributed by atoms with Gasteiger partial charge in [0.15, 0.2) is 0 Å². The van der Waals surface area contributed by atoms with Gasteiger partial charge in [-0.25, -0.2) is 0 Å². The van der Waals surface area contributed by atoms with Gasteiger partial charge in [-0.2, -0.15) is 0 Å². The number of amides is 1. The molecule has 1 amide bonds. The zero-order chi connectivity index (χ0) is 14.5. The van der Waals surface area contributed by atoms with Crippen molar-refractivity contribution in [3.05, 3.63) is 35.9 Å². The lowest BCUT2D eigenvalue weighted by atomic mass is 9.23. The van der Waals surface area contributed by atoms with E-state index in [9.17, 15) is 4.79 Å². The minimum absolute atomic E-state index is 0.0269. The summed E-state index contributed by atoms with van der Waals surface area (Å²) in [4.78, 5) is 12.2. The number of fused-ring (bicyclic) bond motifs is 1. The van der Waals surface area contributed by atoms with E-state index < -0.39 is 0 Å². The number of rotatable bonds is 3. The second-order valence-electron chi connectivity index (χ2n) is 8.33. The highest BCUT2D eigenvalue weighted by Crippen LogP contribution is 2.94. The van der Waals surface area contributed by atoms with E-state index in [4.69, 9.17) is 5.73 Å². The number of carbonyl (C=O) groups excluding carboxylic acids is 1. The van der Waals surface area contributed by atoms with Crippen LogP contribution in [-0.2, 0) is 10.2 Å². The van der Waals surface area contributed by atoms with E-state index in [1.54, 1.807) is 0 Å². The third kappa shape index (κ3) is 0.959. The van der Waals surface area contributed by atoms with Gasteiger partial charge in [-0.05, 0) is 60.8 Å². The van der Waals surface area contributed by atoms with Crippen LogP contribution in [0.3, 0.4) is 0 Å². The van der Waals surface area contributed by atoms with Crippen molar-refractivity contribution in [2.75, 3.05) is 0 Å². The topological polar surface area (TPSA) is 43.1 Å². The van der Waals surface area contributed by atoms with Crippen molar-refractivity contribution in [2.24, 2.45) is 27.9 Å². The van der Waals surface area contributed by atoms with Crippen LogP contribution in [0, 0.1) is 22.2 Å². The molecule has 1 spiro atoms. The second kappa shape index (κ2) is 3.21. The molecule has 0 aromatic heterocycles. The van der Waals surface area contributed by atoms with Gasteiger partial charge < -0.3 is 5.73 Å². The summed E-state index contributed by atoms with van der Waals surface area (Å²) in [5.41, 5.74) is 8.31. The zero-order valence-electron chi connectivity index (χ0n) is 12.7. The van der Waals surface area contributed by atoms with E-state index in [1.165, 1.54) is 24.8 Å². The van der Waals surface area contributed by atoms with Gasteiger partial charge in [0.25, 0.3) is 0 Å². The van der Waals surface area contributed by atoms with Crippen molar-refractivity contribution in [3.8, 4) is 0 Å². The Morgan fingerprint density at radius 1 is 1.19 bits per heavy atom. The fourth-order valence-corrected chi connectivity index (χ4v) is 7.72. The van der Waals surface area contributed by atoms with Crippen LogP contribution in [0.25, 0.3) is 0 Å². The lowest BCUT2D eigenvalue weighted by molar-refractivity contribution is -0.282. The van der Waals surface area contributed by atoms with Crippen LogP contribution >= 0.6 is 0 Å². The lowest BCUT2D eigenvalue weighted by Crippen LogP contribution is -2.75. The van der Waals surface area contributed by atoms with Gasteiger partial charge in [0, 0.05) is 5.41 Å². The fraction of sp³-hybridized carbons (Fsp3) is 0.632. The molecule has 5 rings (SSSR count). The highest BCUT2D eigenvalue weighted by Gasteiger charge is 2.90. The van der Waals surface area contributed by atoms with Crippen LogP contribution in [-0.4, -0.2) is 5.91 Å². The molecule has 1 aromatic carbocycles. The second-order valence-corrected chi connectivity index (χ2v) is 8.33. The average molecular weight is 281 g/mol. The van der Waals surface area contributed by atoms with E-state index in [1.807, 2.05) is 0 Å². The van der Waals surface area contributed by atoms with Gasteiger partial charge in [0.1, 0.15) is 0 Å². The molecule has 4 aliphatic rings. The smallest absolute Gasteiger partial charge is 0.223 e. The summed E-state index contributed by atoms with van der Waals surface area (Å²) >= 11 is 0. The monoisotopic (exact) mass is 281 g/mol. The van der Waals surface area contributed by atoms with Crippen LogP contribution in [0.4, 0.5) is 0 Å². The van der Waals surface area contributed by atoms with Crippen molar-refractivity contribution in [1.82, 2.24) is 0 Å². The summed E-state index contributed by atoms with van der Waals surface area (Å²) < 4.78 is 0.